The van der Waals surface area contributed by atoms with Gasteiger partial charge in [-0.3, -0.25) is 4.79 Å². The van der Waals surface area contributed by atoms with Gasteiger partial charge in [-0.15, -0.1) is 0 Å². The number of amides is 1. The molecule has 1 amide bonds. The van der Waals surface area contributed by atoms with E-state index in [1.54, 1.807) is 7.11 Å². The van der Waals surface area contributed by atoms with Gasteiger partial charge in [0, 0.05) is 27.7 Å². The van der Waals surface area contributed by atoms with Gasteiger partial charge in [-0.1, -0.05) is 70.5 Å². The molecule has 4 aromatic rings. The Morgan fingerprint density at radius 2 is 1.75 bits per heavy atom. The largest absolute Gasteiger partial charge is 0.493 e. The predicted octanol–water partition coefficient (Wildman–Crippen LogP) is 7.58. The first-order valence-corrected chi connectivity index (χ1v) is 12.6. The molecule has 1 aromatic heterocycles. The Bertz CT molecular complexity index is 1320. The van der Waals surface area contributed by atoms with Crippen LogP contribution in [0.4, 0.5) is 5.69 Å². The summed E-state index contributed by atoms with van der Waals surface area (Å²) in [5.74, 6) is 0.961. The van der Waals surface area contributed by atoms with Gasteiger partial charge in [0.15, 0.2) is 11.5 Å². The summed E-state index contributed by atoms with van der Waals surface area (Å²) in [5, 5.41) is 4.24. The van der Waals surface area contributed by atoms with Crippen molar-refractivity contribution in [2.45, 2.75) is 58.5 Å². The normalized spacial score (nSPS) is 12.4. The summed E-state index contributed by atoms with van der Waals surface area (Å²) in [6.07, 6.45) is 1.62. The highest BCUT2D eigenvalue weighted by Gasteiger charge is 2.22. The third-order valence-electron chi connectivity index (χ3n) is 6.42. The van der Waals surface area contributed by atoms with Crippen molar-refractivity contribution in [3.63, 3.8) is 0 Å². The highest BCUT2D eigenvalue weighted by Crippen LogP contribution is 2.34. The Morgan fingerprint density at radius 3 is 2.44 bits per heavy atom. The molecule has 0 spiro atoms. The number of aromatic amines is 1. The van der Waals surface area contributed by atoms with E-state index >= 15 is 0 Å². The first-order valence-electron chi connectivity index (χ1n) is 12.6. The van der Waals surface area contributed by atoms with Crippen molar-refractivity contribution in [2.24, 2.45) is 0 Å². The van der Waals surface area contributed by atoms with Gasteiger partial charge >= 0.3 is 0 Å². The minimum atomic E-state index is -0.299. The molecule has 0 aliphatic heterocycles. The number of methoxy groups -OCH3 is 1. The van der Waals surface area contributed by atoms with Gasteiger partial charge in [-0.05, 0) is 53.9 Å². The summed E-state index contributed by atoms with van der Waals surface area (Å²) in [5.41, 5.74) is 5.05. The van der Waals surface area contributed by atoms with Crippen molar-refractivity contribution in [2.75, 3.05) is 12.4 Å². The summed E-state index contributed by atoms with van der Waals surface area (Å²) in [4.78, 5) is 16.9. The lowest BCUT2D eigenvalue weighted by Crippen LogP contribution is -2.21. The molecule has 0 radical (unpaired) electrons. The number of rotatable bonds is 9. The molecule has 3 aromatic carbocycles. The van der Waals surface area contributed by atoms with Crippen LogP contribution in [0.2, 0.25) is 0 Å². The zero-order valence-electron chi connectivity index (χ0n) is 21.9. The van der Waals surface area contributed by atoms with E-state index in [-0.39, 0.29) is 17.2 Å². The van der Waals surface area contributed by atoms with Gasteiger partial charge in [-0.25, -0.2) is 0 Å². The number of nitrogens with one attached hydrogen (secondary N) is 2. The molecule has 4 rings (SSSR count). The lowest BCUT2D eigenvalue weighted by molar-refractivity contribution is -0.117. The maximum atomic E-state index is 13.5. The summed E-state index contributed by atoms with van der Waals surface area (Å²) in [6, 6.07) is 24.0. The van der Waals surface area contributed by atoms with E-state index in [0.717, 1.165) is 40.6 Å². The second-order valence-electron chi connectivity index (χ2n) is 10.3. The smallest absolute Gasteiger partial charge is 0.231 e. The van der Waals surface area contributed by atoms with Crippen LogP contribution in [0.1, 0.15) is 63.3 Å². The Balaban J connectivity index is 1.55. The molecule has 0 aliphatic rings. The van der Waals surface area contributed by atoms with Crippen molar-refractivity contribution >= 4 is 22.5 Å². The van der Waals surface area contributed by atoms with Gasteiger partial charge in [-0.2, -0.15) is 0 Å². The van der Waals surface area contributed by atoms with E-state index in [1.165, 1.54) is 5.69 Å². The second kappa shape index (κ2) is 10.9. The fourth-order valence-corrected chi connectivity index (χ4v) is 4.34. The average molecular weight is 485 g/mol. The molecular weight excluding hydrogens is 448 g/mol. The highest BCUT2D eigenvalue weighted by molar-refractivity contribution is 5.98. The van der Waals surface area contributed by atoms with Crippen molar-refractivity contribution < 1.29 is 14.3 Å². The van der Waals surface area contributed by atoms with Gasteiger partial charge in [0.2, 0.25) is 5.91 Å². The van der Waals surface area contributed by atoms with E-state index in [9.17, 15) is 4.79 Å². The number of hydrogen-bond donors (Lipinski definition) is 2. The zero-order chi connectivity index (χ0) is 25.7. The van der Waals surface area contributed by atoms with Crippen molar-refractivity contribution in [3.8, 4) is 11.5 Å². The molecule has 5 nitrogen and oxygen atoms in total. The molecule has 5 heteroatoms. The van der Waals surface area contributed by atoms with Gasteiger partial charge in [0.05, 0.1) is 13.0 Å². The molecular formula is C31H36N2O3. The second-order valence-corrected chi connectivity index (χ2v) is 10.3. The van der Waals surface area contributed by atoms with Crippen molar-refractivity contribution in [3.05, 3.63) is 89.6 Å². The minimum Gasteiger partial charge on any atom is -0.493 e. The monoisotopic (exact) mass is 484 g/mol. The van der Waals surface area contributed by atoms with E-state index < -0.39 is 0 Å². The third-order valence-corrected chi connectivity index (χ3v) is 6.42. The summed E-state index contributed by atoms with van der Waals surface area (Å²) >= 11 is 0. The number of hydrogen-bond acceptors (Lipinski definition) is 3. The molecule has 1 heterocycles. The molecule has 0 fully saturated rings. The van der Waals surface area contributed by atoms with Crippen LogP contribution in [0.5, 0.6) is 11.5 Å². The van der Waals surface area contributed by atoms with Crippen LogP contribution < -0.4 is 14.8 Å². The number of aromatic nitrogens is 1. The number of carbonyl (C=O) groups is 1. The molecule has 36 heavy (non-hydrogen) atoms. The summed E-state index contributed by atoms with van der Waals surface area (Å²) in [7, 11) is 1.63. The van der Waals surface area contributed by atoms with Crippen LogP contribution in [0.15, 0.2) is 72.8 Å². The molecule has 0 bridgehead atoms. The first kappa shape index (κ1) is 25.4. The Labute approximate surface area is 213 Å². The molecule has 0 saturated carbocycles. The summed E-state index contributed by atoms with van der Waals surface area (Å²) < 4.78 is 11.6. The molecule has 188 valence electrons. The first-order chi connectivity index (χ1) is 17.3. The van der Waals surface area contributed by atoms with E-state index in [2.05, 4.69) is 44.1 Å². The van der Waals surface area contributed by atoms with Gasteiger partial charge in [0.25, 0.3) is 0 Å². The van der Waals surface area contributed by atoms with E-state index in [1.807, 2.05) is 66.7 Å². The van der Waals surface area contributed by atoms with Crippen LogP contribution in [0.3, 0.4) is 0 Å². The number of carbonyl (C=O) groups excluding carboxylic acids is 1. The standard InChI is InChI=1S/C31H36N2O3/c1-6-10-25(22-13-16-27(35-5)28(18-22)36-20-21-11-8-7-9-12-21)30(34)32-24-14-15-26-23(17-24)19-29(33-26)31(2,3)4/h7-9,11-19,25,33H,6,10,20H2,1-5H3,(H,32,34). The topological polar surface area (TPSA) is 63.4 Å². The fourth-order valence-electron chi connectivity index (χ4n) is 4.34. The van der Waals surface area contributed by atoms with Crippen LogP contribution in [-0.4, -0.2) is 18.0 Å². The highest BCUT2D eigenvalue weighted by atomic mass is 16.5. The Morgan fingerprint density at radius 1 is 0.972 bits per heavy atom. The Kier molecular flexibility index (Phi) is 7.68. The quantitative estimate of drug-likeness (QED) is 0.257. The zero-order valence-corrected chi connectivity index (χ0v) is 21.9. The van der Waals surface area contributed by atoms with Gasteiger partial charge in [0.1, 0.15) is 6.61 Å². The molecule has 1 unspecified atom stereocenters. The summed E-state index contributed by atoms with van der Waals surface area (Å²) in [6.45, 7) is 9.07. The number of fused-ring (bicyclic) bond motifs is 1. The predicted molar refractivity (Wildman–Crippen MR) is 147 cm³/mol. The maximum absolute atomic E-state index is 13.5. The van der Waals surface area contributed by atoms with Crippen LogP contribution >= 0.6 is 0 Å². The minimum absolute atomic E-state index is 0.0260. The van der Waals surface area contributed by atoms with Crippen LogP contribution in [-0.2, 0) is 16.8 Å². The lowest BCUT2D eigenvalue weighted by atomic mass is 9.92. The van der Waals surface area contributed by atoms with Crippen molar-refractivity contribution in [1.29, 1.82) is 0 Å². The molecule has 0 aliphatic carbocycles. The number of anilines is 1. The van der Waals surface area contributed by atoms with Crippen LogP contribution in [0, 0.1) is 0 Å². The Hall–Kier alpha value is -3.73. The number of benzene rings is 3. The fraction of sp³-hybridized carbons (Fsp3) is 0.323. The maximum Gasteiger partial charge on any atom is 0.231 e. The molecule has 2 N–H and O–H groups in total. The number of H-pyrrole nitrogens is 1. The lowest BCUT2D eigenvalue weighted by Gasteiger charge is -2.19. The van der Waals surface area contributed by atoms with E-state index in [0.29, 0.717) is 18.1 Å². The SMILES string of the molecule is CCCC(C(=O)Nc1ccc2[nH]c(C(C)(C)C)cc2c1)c1ccc(OC)c(OCc2ccccc2)c1. The van der Waals surface area contributed by atoms with Gasteiger partial charge < -0.3 is 19.8 Å². The van der Waals surface area contributed by atoms with Crippen molar-refractivity contribution in [1.82, 2.24) is 4.98 Å². The third kappa shape index (κ3) is 5.91. The van der Waals surface area contributed by atoms with E-state index in [4.69, 9.17) is 9.47 Å². The number of ether oxygens (including phenoxy) is 2. The molecule has 0 saturated heterocycles. The molecule has 1 atom stereocenters. The van der Waals surface area contributed by atoms with Crippen LogP contribution in [0.25, 0.3) is 10.9 Å². The average Bonchev–Trinajstić information content (AvgIpc) is 3.31.